The molecule has 4 nitrogen and oxygen atoms in total. The number of hydrogen-bond donors (Lipinski definition) is 0. The van der Waals surface area contributed by atoms with Crippen molar-refractivity contribution in [2.75, 3.05) is 20.3 Å². The molecule has 0 spiro atoms. The highest BCUT2D eigenvalue weighted by atomic mass is 35.5. The number of halogens is 4. The van der Waals surface area contributed by atoms with E-state index in [1.54, 1.807) is 18.3 Å². The number of ether oxygens (including phenoxy) is 2. The molecule has 0 saturated carbocycles. The second kappa shape index (κ2) is 11.3. The fourth-order valence-electron chi connectivity index (χ4n) is 2.11. The third-order valence-electron chi connectivity index (χ3n) is 3.38. The van der Waals surface area contributed by atoms with E-state index in [0.29, 0.717) is 34.6 Å². The fraction of sp³-hybridized carbons (Fsp3) is 0.211. The van der Waals surface area contributed by atoms with Gasteiger partial charge in [0.1, 0.15) is 24.0 Å². The zero-order valence-corrected chi connectivity index (χ0v) is 17.4. The molecule has 0 unspecified atom stereocenters. The Morgan fingerprint density at radius 1 is 1.04 bits per heavy atom. The third kappa shape index (κ3) is 7.51. The second-order valence-electron chi connectivity index (χ2n) is 5.28. The molecule has 0 aliphatic rings. The monoisotopic (exact) mass is 447 g/mol. The Balaban J connectivity index is 1.91. The lowest BCUT2D eigenvalue weighted by Gasteiger charge is -2.12. The zero-order valence-electron chi connectivity index (χ0n) is 14.4. The minimum atomic E-state index is 0.131. The molecule has 2 rings (SSSR count). The van der Waals surface area contributed by atoms with Crippen LogP contribution >= 0.6 is 46.4 Å². The molecule has 0 radical (unpaired) electrons. The maximum atomic E-state index is 6.24. The summed E-state index contributed by atoms with van der Waals surface area (Å²) in [5.41, 5.74) is 2.06. The van der Waals surface area contributed by atoms with Gasteiger partial charge in [0.05, 0.1) is 22.9 Å². The van der Waals surface area contributed by atoms with Gasteiger partial charge in [0.2, 0.25) is 0 Å². The molecule has 2 aromatic carbocycles. The van der Waals surface area contributed by atoms with Crippen LogP contribution in [0.2, 0.25) is 10.0 Å². The van der Waals surface area contributed by atoms with Crippen LogP contribution in [0.5, 0.6) is 11.5 Å². The van der Waals surface area contributed by atoms with Crippen molar-refractivity contribution in [1.82, 2.24) is 0 Å². The highest BCUT2D eigenvalue weighted by Gasteiger charge is 2.11. The zero-order chi connectivity index (χ0) is 19.6. The topological polar surface area (TPSA) is 40.0 Å². The number of oxime groups is 1. The minimum Gasteiger partial charge on any atom is -0.490 e. The predicted molar refractivity (Wildman–Crippen MR) is 112 cm³/mol. The van der Waals surface area contributed by atoms with Gasteiger partial charge < -0.3 is 14.3 Å². The number of rotatable bonds is 9. The SMILES string of the molecule is CO/N=C/c1ccc(CCOc2c(Cl)cc(OCC=C(Cl)Cl)cc2Cl)cc1. The summed E-state index contributed by atoms with van der Waals surface area (Å²) >= 11 is 23.6. The first-order valence-corrected chi connectivity index (χ1v) is 9.42. The standard InChI is InChI=1S/C19H17Cl4NO3/c1-25-24-12-14-4-2-13(3-5-14)6-8-27-19-16(20)10-15(11-17(19)21)26-9-7-18(22)23/h2-5,7,10-12H,6,8-9H2,1H3/b24-12+. The van der Waals surface area contributed by atoms with E-state index in [1.807, 2.05) is 24.3 Å². The van der Waals surface area contributed by atoms with Gasteiger partial charge in [-0.1, -0.05) is 75.8 Å². The molecule has 0 atom stereocenters. The van der Waals surface area contributed by atoms with Crippen LogP contribution in [0, 0.1) is 0 Å². The molecule has 0 amide bonds. The molecule has 27 heavy (non-hydrogen) atoms. The lowest BCUT2D eigenvalue weighted by atomic mass is 10.1. The highest BCUT2D eigenvalue weighted by Crippen LogP contribution is 2.37. The van der Waals surface area contributed by atoms with E-state index >= 15 is 0 Å². The van der Waals surface area contributed by atoms with Gasteiger partial charge in [0.15, 0.2) is 5.75 Å². The van der Waals surface area contributed by atoms with Gasteiger partial charge >= 0.3 is 0 Å². The minimum absolute atomic E-state index is 0.131. The van der Waals surface area contributed by atoms with Gasteiger partial charge in [-0.05, 0) is 17.2 Å². The van der Waals surface area contributed by atoms with Crippen LogP contribution in [0.3, 0.4) is 0 Å². The highest BCUT2D eigenvalue weighted by molar-refractivity contribution is 6.55. The molecule has 0 aliphatic carbocycles. The summed E-state index contributed by atoms with van der Waals surface area (Å²) in [6.45, 7) is 0.635. The first kappa shape index (κ1) is 21.7. The third-order valence-corrected chi connectivity index (χ3v) is 4.25. The van der Waals surface area contributed by atoms with Gasteiger partial charge in [-0.3, -0.25) is 0 Å². The van der Waals surface area contributed by atoms with E-state index in [1.165, 1.54) is 13.2 Å². The van der Waals surface area contributed by atoms with E-state index < -0.39 is 0 Å². The maximum Gasteiger partial charge on any atom is 0.156 e. The molecule has 0 bridgehead atoms. The Labute approximate surface area is 178 Å². The van der Waals surface area contributed by atoms with Gasteiger partial charge in [0.25, 0.3) is 0 Å². The number of benzene rings is 2. The maximum absolute atomic E-state index is 6.24. The van der Waals surface area contributed by atoms with Crippen LogP contribution in [0.1, 0.15) is 11.1 Å². The van der Waals surface area contributed by atoms with Crippen molar-refractivity contribution >= 4 is 52.6 Å². The Morgan fingerprint density at radius 3 is 2.30 bits per heavy atom. The summed E-state index contributed by atoms with van der Waals surface area (Å²) in [6, 6.07) is 11.1. The summed E-state index contributed by atoms with van der Waals surface area (Å²) in [4.78, 5) is 4.65. The normalized spacial score (nSPS) is 10.7. The molecule has 0 aliphatic heterocycles. The van der Waals surface area contributed by atoms with E-state index in [4.69, 9.17) is 55.9 Å². The van der Waals surface area contributed by atoms with Crippen LogP contribution in [0.15, 0.2) is 52.1 Å². The van der Waals surface area contributed by atoms with E-state index in [9.17, 15) is 0 Å². The molecule has 0 heterocycles. The van der Waals surface area contributed by atoms with Crippen LogP contribution in [0.25, 0.3) is 0 Å². The molecular weight excluding hydrogens is 432 g/mol. The quantitative estimate of drug-likeness (QED) is 0.334. The Hall–Kier alpha value is -1.59. The average Bonchev–Trinajstić information content (AvgIpc) is 2.63. The Morgan fingerprint density at radius 2 is 1.70 bits per heavy atom. The van der Waals surface area contributed by atoms with Crippen molar-refractivity contribution in [3.05, 3.63) is 68.1 Å². The lowest BCUT2D eigenvalue weighted by Crippen LogP contribution is -2.03. The molecule has 0 aromatic heterocycles. The van der Waals surface area contributed by atoms with Crippen LogP contribution in [-0.2, 0) is 11.3 Å². The smallest absolute Gasteiger partial charge is 0.156 e. The summed E-state index contributed by atoms with van der Waals surface area (Å²) < 4.78 is 11.3. The van der Waals surface area contributed by atoms with E-state index in [2.05, 4.69) is 9.99 Å². The first-order valence-electron chi connectivity index (χ1n) is 7.91. The Bertz CT molecular complexity index is 780. The van der Waals surface area contributed by atoms with Crippen molar-refractivity contribution < 1.29 is 14.3 Å². The van der Waals surface area contributed by atoms with Gasteiger partial charge in [0, 0.05) is 18.6 Å². The molecular formula is C19H17Cl4NO3. The average molecular weight is 449 g/mol. The summed E-state index contributed by atoms with van der Waals surface area (Å²) in [6.07, 6.45) is 3.85. The van der Waals surface area contributed by atoms with Gasteiger partial charge in [-0.25, -0.2) is 0 Å². The molecule has 8 heteroatoms. The molecule has 0 saturated heterocycles. The Kier molecular flexibility index (Phi) is 9.08. The van der Waals surface area contributed by atoms with Crippen molar-refractivity contribution in [2.45, 2.75) is 6.42 Å². The molecule has 144 valence electrons. The van der Waals surface area contributed by atoms with Crippen LogP contribution in [0.4, 0.5) is 0 Å². The van der Waals surface area contributed by atoms with Crippen LogP contribution < -0.4 is 9.47 Å². The summed E-state index contributed by atoms with van der Waals surface area (Å²) in [5, 5.41) is 4.45. The fourth-order valence-corrected chi connectivity index (χ4v) is 2.82. The van der Waals surface area contributed by atoms with Crippen molar-refractivity contribution in [1.29, 1.82) is 0 Å². The molecule has 0 fully saturated rings. The van der Waals surface area contributed by atoms with Crippen molar-refractivity contribution in [3.63, 3.8) is 0 Å². The van der Waals surface area contributed by atoms with Gasteiger partial charge in [-0.2, -0.15) is 0 Å². The first-order chi connectivity index (χ1) is 13.0. The van der Waals surface area contributed by atoms with E-state index in [-0.39, 0.29) is 11.1 Å². The van der Waals surface area contributed by atoms with Crippen molar-refractivity contribution in [3.8, 4) is 11.5 Å². The van der Waals surface area contributed by atoms with Crippen LogP contribution in [-0.4, -0.2) is 26.5 Å². The number of hydrogen-bond acceptors (Lipinski definition) is 4. The number of nitrogens with zero attached hydrogens (tertiary/aromatic N) is 1. The molecule has 0 N–H and O–H groups in total. The van der Waals surface area contributed by atoms with Crippen molar-refractivity contribution in [2.24, 2.45) is 5.16 Å². The summed E-state index contributed by atoms with van der Waals surface area (Å²) in [7, 11) is 1.50. The van der Waals surface area contributed by atoms with E-state index in [0.717, 1.165) is 11.1 Å². The predicted octanol–water partition coefficient (Wildman–Crippen LogP) is 6.29. The largest absolute Gasteiger partial charge is 0.490 e. The second-order valence-corrected chi connectivity index (χ2v) is 7.10. The summed E-state index contributed by atoms with van der Waals surface area (Å²) in [5.74, 6) is 0.914. The van der Waals surface area contributed by atoms with Gasteiger partial charge in [-0.15, -0.1) is 0 Å². The lowest BCUT2D eigenvalue weighted by molar-refractivity contribution is 0.215. The molecule has 2 aromatic rings.